The van der Waals surface area contributed by atoms with Crippen molar-refractivity contribution in [1.29, 1.82) is 0 Å². The van der Waals surface area contributed by atoms with Gasteiger partial charge in [0.25, 0.3) is 0 Å². The van der Waals surface area contributed by atoms with E-state index in [-0.39, 0.29) is 0 Å². The normalized spacial score (nSPS) is 13.8. The highest BCUT2D eigenvalue weighted by Crippen LogP contribution is 2.31. The van der Waals surface area contributed by atoms with Crippen molar-refractivity contribution in [2.45, 2.75) is 77.6 Å². The van der Waals surface area contributed by atoms with Crippen LogP contribution in [0.1, 0.15) is 76.7 Å². The van der Waals surface area contributed by atoms with Crippen molar-refractivity contribution < 1.29 is 4.74 Å². The number of anilines is 1. The summed E-state index contributed by atoms with van der Waals surface area (Å²) in [6.07, 6.45) is 14.5. The summed E-state index contributed by atoms with van der Waals surface area (Å²) >= 11 is 3.47. The van der Waals surface area contributed by atoms with Crippen LogP contribution in [0.3, 0.4) is 0 Å². The zero-order valence-electron chi connectivity index (χ0n) is 16.1. The van der Waals surface area contributed by atoms with Gasteiger partial charge in [-0.3, -0.25) is 0 Å². The summed E-state index contributed by atoms with van der Waals surface area (Å²) in [4.78, 5) is 2.60. The first-order valence-corrected chi connectivity index (χ1v) is 11.5. The Morgan fingerprint density at radius 2 is 1.80 bits per heavy atom. The predicted molar refractivity (Wildman–Crippen MR) is 113 cm³/mol. The van der Waals surface area contributed by atoms with Crippen molar-refractivity contribution in [2.24, 2.45) is 0 Å². The third-order valence-corrected chi connectivity index (χ3v) is 5.65. The molecule has 1 heterocycles. The summed E-state index contributed by atoms with van der Waals surface area (Å²) in [5.74, 6) is 1.05. The van der Waals surface area contributed by atoms with Gasteiger partial charge in [-0.2, -0.15) is 0 Å². The molecule has 3 heteroatoms. The third kappa shape index (κ3) is 7.60. The number of halogens is 1. The van der Waals surface area contributed by atoms with Gasteiger partial charge in [0.15, 0.2) is 0 Å². The van der Waals surface area contributed by atoms with E-state index in [0.717, 1.165) is 24.1 Å². The standard InChI is InChI=1S/C22H36BrNO/c1-2-3-4-5-6-7-9-16-24-17-11-12-20-19-21(13-14-22(20)24)25-18-10-8-15-23/h13-14,19H,2-12,15-18H2,1H3. The Balaban J connectivity index is 1.74. The fourth-order valence-electron chi connectivity index (χ4n) is 3.62. The summed E-state index contributed by atoms with van der Waals surface area (Å²) in [5, 5.41) is 1.06. The number of fused-ring (bicyclic) bond motifs is 1. The van der Waals surface area contributed by atoms with E-state index in [2.05, 4.69) is 46.0 Å². The second-order valence-electron chi connectivity index (χ2n) is 7.25. The Morgan fingerprint density at radius 1 is 1.00 bits per heavy atom. The molecule has 1 aromatic rings. The maximum atomic E-state index is 5.92. The van der Waals surface area contributed by atoms with E-state index in [9.17, 15) is 0 Å². The van der Waals surface area contributed by atoms with E-state index in [1.165, 1.54) is 88.5 Å². The van der Waals surface area contributed by atoms with E-state index in [0.29, 0.717) is 0 Å². The molecule has 0 aromatic heterocycles. The lowest BCUT2D eigenvalue weighted by atomic mass is 10.0. The maximum Gasteiger partial charge on any atom is 0.119 e. The van der Waals surface area contributed by atoms with E-state index in [1.54, 1.807) is 0 Å². The average molecular weight is 410 g/mol. The summed E-state index contributed by atoms with van der Waals surface area (Å²) in [6.45, 7) is 5.54. The molecule has 142 valence electrons. The number of benzene rings is 1. The summed E-state index contributed by atoms with van der Waals surface area (Å²) in [5.41, 5.74) is 2.93. The number of aryl methyl sites for hydroxylation is 1. The topological polar surface area (TPSA) is 12.5 Å². The molecule has 0 bridgehead atoms. The highest BCUT2D eigenvalue weighted by atomic mass is 79.9. The molecule has 1 aliphatic rings. The van der Waals surface area contributed by atoms with Gasteiger partial charge in [0.1, 0.15) is 5.75 Å². The molecule has 0 unspecified atom stereocenters. The van der Waals surface area contributed by atoms with Gasteiger partial charge in [0, 0.05) is 24.1 Å². The first-order valence-electron chi connectivity index (χ1n) is 10.4. The molecular formula is C22H36BrNO. The molecule has 0 saturated heterocycles. The van der Waals surface area contributed by atoms with Gasteiger partial charge in [-0.25, -0.2) is 0 Å². The highest BCUT2D eigenvalue weighted by molar-refractivity contribution is 9.09. The Kier molecular flexibility index (Phi) is 10.4. The second kappa shape index (κ2) is 12.6. The van der Waals surface area contributed by atoms with Crippen LogP contribution >= 0.6 is 15.9 Å². The minimum atomic E-state index is 0.826. The first kappa shape index (κ1) is 20.6. The molecule has 25 heavy (non-hydrogen) atoms. The molecule has 0 radical (unpaired) electrons. The van der Waals surface area contributed by atoms with Crippen molar-refractivity contribution in [3.05, 3.63) is 23.8 Å². The molecule has 0 aliphatic carbocycles. The largest absolute Gasteiger partial charge is 0.494 e. The molecule has 2 rings (SSSR count). The number of ether oxygens (including phenoxy) is 1. The van der Waals surface area contributed by atoms with Crippen molar-refractivity contribution in [1.82, 2.24) is 0 Å². The lowest BCUT2D eigenvalue weighted by molar-refractivity contribution is 0.309. The summed E-state index contributed by atoms with van der Waals surface area (Å²) in [6, 6.07) is 6.73. The number of nitrogens with zero attached hydrogens (tertiary/aromatic N) is 1. The molecule has 0 amide bonds. The van der Waals surface area contributed by atoms with Gasteiger partial charge < -0.3 is 9.64 Å². The van der Waals surface area contributed by atoms with Crippen LogP contribution < -0.4 is 9.64 Å². The fourth-order valence-corrected chi connectivity index (χ4v) is 4.02. The molecule has 0 spiro atoms. The number of hydrogen-bond acceptors (Lipinski definition) is 2. The number of rotatable bonds is 13. The Bertz CT molecular complexity index is 477. The van der Waals surface area contributed by atoms with Gasteiger partial charge in [0.2, 0.25) is 0 Å². The Morgan fingerprint density at radius 3 is 2.60 bits per heavy atom. The fraction of sp³-hybridized carbons (Fsp3) is 0.727. The predicted octanol–water partition coefficient (Wildman–Crippen LogP) is 6.74. The zero-order valence-corrected chi connectivity index (χ0v) is 17.7. The number of hydrogen-bond donors (Lipinski definition) is 0. The minimum absolute atomic E-state index is 0.826. The minimum Gasteiger partial charge on any atom is -0.494 e. The second-order valence-corrected chi connectivity index (χ2v) is 8.04. The Hall–Kier alpha value is -0.700. The van der Waals surface area contributed by atoms with Crippen LogP contribution in [0, 0.1) is 0 Å². The van der Waals surface area contributed by atoms with E-state index < -0.39 is 0 Å². The maximum absolute atomic E-state index is 5.92. The third-order valence-electron chi connectivity index (χ3n) is 5.09. The number of alkyl halides is 1. The molecule has 0 fully saturated rings. The van der Waals surface area contributed by atoms with Crippen LogP contribution in [-0.2, 0) is 6.42 Å². The molecule has 2 nitrogen and oxygen atoms in total. The van der Waals surface area contributed by atoms with Gasteiger partial charge in [-0.1, -0.05) is 61.4 Å². The van der Waals surface area contributed by atoms with Crippen LogP contribution in [0.25, 0.3) is 0 Å². The zero-order chi connectivity index (χ0) is 17.7. The molecule has 1 aromatic carbocycles. The van der Waals surface area contributed by atoms with Crippen LogP contribution in [-0.4, -0.2) is 25.0 Å². The van der Waals surface area contributed by atoms with Gasteiger partial charge in [-0.15, -0.1) is 0 Å². The van der Waals surface area contributed by atoms with Crippen molar-refractivity contribution >= 4 is 21.6 Å². The molecule has 0 atom stereocenters. The molecule has 0 N–H and O–H groups in total. The van der Waals surface area contributed by atoms with Crippen LogP contribution in [0.2, 0.25) is 0 Å². The Labute approximate surface area is 163 Å². The smallest absolute Gasteiger partial charge is 0.119 e. The van der Waals surface area contributed by atoms with E-state index in [1.807, 2.05) is 0 Å². The summed E-state index contributed by atoms with van der Waals surface area (Å²) < 4.78 is 5.92. The number of unbranched alkanes of at least 4 members (excludes halogenated alkanes) is 7. The average Bonchev–Trinajstić information content (AvgIpc) is 2.64. The first-order chi connectivity index (χ1) is 12.3. The summed E-state index contributed by atoms with van der Waals surface area (Å²) in [7, 11) is 0. The SMILES string of the molecule is CCCCCCCCCN1CCCc2cc(OCCCCBr)ccc21. The molecular weight excluding hydrogens is 374 g/mol. The quantitative estimate of drug-likeness (QED) is 0.264. The lowest BCUT2D eigenvalue weighted by Gasteiger charge is -2.31. The monoisotopic (exact) mass is 409 g/mol. The lowest BCUT2D eigenvalue weighted by Crippen LogP contribution is -2.30. The van der Waals surface area contributed by atoms with Crippen LogP contribution in [0.5, 0.6) is 5.75 Å². The molecule has 0 saturated carbocycles. The highest BCUT2D eigenvalue weighted by Gasteiger charge is 2.17. The van der Waals surface area contributed by atoms with Crippen molar-refractivity contribution in [2.75, 3.05) is 29.9 Å². The van der Waals surface area contributed by atoms with Crippen LogP contribution in [0.15, 0.2) is 18.2 Å². The van der Waals surface area contributed by atoms with E-state index in [4.69, 9.17) is 4.74 Å². The van der Waals surface area contributed by atoms with Crippen molar-refractivity contribution in [3.8, 4) is 5.75 Å². The van der Waals surface area contributed by atoms with Gasteiger partial charge in [0.05, 0.1) is 6.61 Å². The van der Waals surface area contributed by atoms with Gasteiger partial charge >= 0.3 is 0 Å². The van der Waals surface area contributed by atoms with Gasteiger partial charge in [-0.05, 0) is 55.9 Å². The van der Waals surface area contributed by atoms with Crippen molar-refractivity contribution in [3.63, 3.8) is 0 Å². The molecule has 1 aliphatic heterocycles. The van der Waals surface area contributed by atoms with Crippen LogP contribution in [0.4, 0.5) is 5.69 Å². The van der Waals surface area contributed by atoms with E-state index >= 15 is 0 Å².